The van der Waals surface area contributed by atoms with E-state index in [2.05, 4.69) is 53.5 Å². The lowest BCUT2D eigenvalue weighted by molar-refractivity contribution is 0.129. The zero-order valence-corrected chi connectivity index (χ0v) is 14.4. The SMILES string of the molecule is CCCc1nc(N2CC[C@@H](c3ccc4ccccc4c3)[C@H](O)C2)no1. The Labute approximate surface area is 147 Å². The van der Waals surface area contributed by atoms with Crippen molar-refractivity contribution in [1.29, 1.82) is 0 Å². The van der Waals surface area contributed by atoms with Crippen LogP contribution in [-0.4, -0.2) is 34.4 Å². The fourth-order valence-corrected chi connectivity index (χ4v) is 3.63. The van der Waals surface area contributed by atoms with Crippen LogP contribution < -0.4 is 4.90 Å². The third-order valence-corrected chi connectivity index (χ3v) is 4.99. The number of benzene rings is 2. The molecule has 0 amide bonds. The molecule has 2 heterocycles. The molecule has 1 saturated heterocycles. The number of anilines is 1. The normalized spacial score (nSPS) is 21.0. The van der Waals surface area contributed by atoms with Crippen LogP contribution in [-0.2, 0) is 6.42 Å². The Morgan fingerprint density at radius 2 is 2.04 bits per heavy atom. The van der Waals surface area contributed by atoms with Gasteiger partial charge in [0.15, 0.2) is 0 Å². The first-order valence-electron chi connectivity index (χ1n) is 8.99. The zero-order valence-electron chi connectivity index (χ0n) is 14.4. The van der Waals surface area contributed by atoms with Crippen LogP contribution >= 0.6 is 0 Å². The average molecular weight is 337 g/mol. The Balaban J connectivity index is 1.50. The second-order valence-corrected chi connectivity index (χ2v) is 6.75. The Hall–Kier alpha value is -2.40. The molecule has 1 aliphatic heterocycles. The fraction of sp³-hybridized carbons (Fsp3) is 0.400. The van der Waals surface area contributed by atoms with Gasteiger partial charge in [-0.05, 0) is 34.3 Å². The predicted molar refractivity (Wildman–Crippen MR) is 97.8 cm³/mol. The summed E-state index contributed by atoms with van der Waals surface area (Å²) in [6.45, 7) is 3.44. The monoisotopic (exact) mass is 337 g/mol. The molecular weight excluding hydrogens is 314 g/mol. The summed E-state index contributed by atoms with van der Waals surface area (Å²) >= 11 is 0. The Morgan fingerprint density at radius 1 is 1.20 bits per heavy atom. The standard InChI is InChI=1S/C20H23N3O2/c1-2-5-19-21-20(22-25-19)23-11-10-17(18(24)13-23)16-9-8-14-6-3-4-7-15(14)12-16/h3-4,6-9,12,17-18,24H,2,5,10-11,13H2,1H3/t17-,18+/m0/s1. The summed E-state index contributed by atoms with van der Waals surface area (Å²) in [6, 6.07) is 14.8. The molecule has 1 aromatic heterocycles. The van der Waals surface area contributed by atoms with E-state index in [0.29, 0.717) is 18.4 Å². The zero-order chi connectivity index (χ0) is 17.2. The molecule has 0 spiro atoms. The molecule has 2 atom stereocenters. The van der Waals surface area contributed by atoms with Crippen LogP contribution in [0.15, 0.2) is 47.0 Å². The molecule has 0 saturated carbocycles. The van der Waals surface area contributed by atoms with Gasteiger partial charge in [0.1, 0.15) is 0 Å². The van der Waals surface area contributed by atoms with E-state index in [4.69, 9.17) is 4.52 Å². The summed E-state index contributed by atoms with van der Waals surface area (Å²) in [6.07, 6.45) is 2.21. The molecule has 1 aliphatic rings. The summed E-state index contributed by atoms with van der Waals surface area (Å²) in [5, 5.41) is 17.2. The highest BCUT2D eigenvalue weighted by Crippen LogP contribution is 2.31. The van der Waals surface area contributed by atoms with Gasteiger partial charge >= 0.3 is 0 Å². The largest absolute Gasteiger partial charge is 0.391 e. The number of rotatable bonds is 4. The Kier molecular flexibility index (Phi) is 4.40. The lowest BCUT2D eigenvalue weighted by atomic mass is 9.86. The van der Waals surface area contributed by atoms with Crippen molar-refractivity contribution in [3.8, 4) is 0 Å². The van der Waals surface area contributed by atoms with E-state index in [0.717, 1.165) is 25.8 Å². The van der Waals surface area contributed by atoms with Crippen LogP contribution in [0.3, 0.4) is 0 Å². The fourth-order valence-electron chi connectivity index (χ4n) is 3.63. The Bertz CT molecular complexity index is 861. The van der Waals surface area contributed by atoms with Crippen LogP contribution in [0.25, 0.3) is 10.8 Å². The van der Waals surface area contributed by atoms with Crippen molar-refractivity contribution < 1.29 is 9.63 Å². The maximum Gasteiger partial charge on any atom is 0.266 e. The molecule has 0 aliphatic carbocycles. The van der Waals surface area contributed by atoms with E-state index in [1.54, 1.807) is 0 Å². The molecule has 3 aromatic rings. The van der Waals surface area contributed by atoms with Gasteiger partial charge in [-0.2, -0.15) is 4.98 Å². The van der Waals surface area contributed by atoms with Crippen LogP contribution in [0.1, 0.15) is 37.1 Å². The van der Waals surface area contributed by atoms with E-state index in [-0.39, 0.29) is 5.92 Å². The summed E-state index contributed by atoms with van der Waals surface area (Å²) in [5.41, 5.74) is 1.20. The van der Waals surface area contributed by atoms with Crippen LogP contribution in [0.5, 0.6) is 0 Å². The third-order valence-electron chi connectivity index (χ3n) is 4.99. The maximum atomic E-state index is 10.7. The van der Waals surface area contributed by atoms with Crippen molar-refractivity contribution in [3.05, 3.63) is 53.9 Å². The van der Waals surface area contributed by atoms with Crippen LogP contribution in [0, 0.1) is 0 Å². The molecule has 2 aromatic carbocycles. The number of aryl methyl sites for hydroxylation is 1. The van der Waals surface area contributed by atoms with Crippen molar-refractivity contribution >= 4 is 16.7 Å². The summed E-state index contributed by atoms with van der Waals surface area (Å²) in [4.78, 5) is 6.45. The number of β-amino-alcohol motifs (C(OH)–C–C–N with tert-alkyl or cyclic N) is 1. The van der Waals surface area contributed by atoms with Crippen molar-refractivity contribution in [3.63, 3.8) is 0 Å². The molecule has 0 radical (unpaired) electrons. The highest BCUT2D eigenvalue weighted by Gasteiger charge is 2.31. The van der Waals surface area contributed by atoms with Crippen molar-refractivity contribution in [2.75, 3.05) is 18.0 Å². The van der Waals surface area contributed by atoms with E-state index >= 15 is 0 Å². The average Bonchev–Trinajstić information content (AvgIpc) is 3.10. The number of aromatic nitrogens is 2. The van der Waals surface area contributed by atoms with Crippen molar-refractivity contribution in [2.45, 2.75) is 38.2 Å². The minimum Gasteiger partial charge on any atom is -0.391 e. The van der Waals surface area contributed by atoms with Gasteiger partial charge in [0, 0.05) is 25.4 Å². The van der Waals surface area contributed by atoms with Gasteiger partial charge in [-0.15, -0.1) is 0 Å². The predicted octanol–water partition coefficient (Wildman–Crippen LogP) is 3.53. The number of nitrogens with zero attached hydrogens (tertiary/aromatic N) is 3. The van der Waals surface area contributed by atoms with E-state index in [1.807, 2.05) is 11.0 Å². The molecule has 0 unspecified atom stereocenters. The van der Waals surface area contributed by atoms with E-state index < -0.39 is 6.10 Å². The lowest BCUT2D eigenvalue weighted by Crippen LogP contribution is -2.43. The van der Waals surface area contributed by atoms with E-state index in [1.165, 1.54) is 16.3 Å². The molecule has 130 valence electrons. The van der Waals surface area contributed by atoms with Gasteiger partial charge in [-0.1, -0.05) is 49.4 Å². The van der Waals surface area contributed by atoms with Gasteiger partial charge in [-0.25, -0.2) is 0 Å². The Morgan fingerprint density at radius 3 is 2.84 bits per heavy atom. The highest BCUT2D eigenvalue weighted by atomic mass is 16.5. The lowest BCUT2D eigenvalue weighted by Gasteiger charge is -2.35. The number of fused-ring (bicyclic) bond motifs is 1. The van der Waals surface area contributed by atoms with Crippen molar-refractivity contribution in [1.82, 2.24) is 10.1 Å². The second kappa shape index (κ2) is 6.84. The maximum absolute atomic E-state index is 10.7. The number of aliphatic hydroxyl groups excluding tert-OH is 1. The molecule has 4 rings (SSSR count). The number of aliphatic hydroxyl groups is 1. The number of hydrogen-bond donors (Lipinski definition) is 1. The molecule has 5 heteroatoms. The van der Waals surface area contributed by atoms with Gasteiger partial charge < -0.3 is 14.5 Å². The first kappa shape index (κ1) is 16.1. The molecule has 1 N–H and O–H groups in total. The summed E-state index contributed by atoms with van der Waals surface area (Å²) in [7, 11) is 0. The quantitative estimate of drug-likeness (QED) is 0.789. The first-order valence-corrected chi connectivity index (χ1v) is 8.99. The first-order chi connectivity index (χ1) is 12.2. The molecule has 25 heavy (non-hydrogen) atoms. The van der Waals surface area contributed by atoms with Crippen LogP contribution in [0.4, 0.5) is 5.95 Å². The topological polar surface area (TPSA) is 62.4 Å². The smallest absolute Gasteiger partial charge is 0.266 e. The second-order valence-electron chi connectivity index (χ2n) is 6.75. The molecule has 5 nitrogen and oxygen atoms in total. The van der Waals surface area contributed by atoms with E-state index in [9.17, 15) is 5.11 Å². The highest BCUT2D eigenvalue weighted by molar-refractivity contribution is 5.83. The summed E-state index contributed by atoms with van der Waals surface area (Å²) in [5.74, 6) is 1.41. The van der Waals surface area contributed by atoms with Gasteiger partial charge in [-0.3, -0.25) is 0 Å². The number of hydrogen-bond acceptors (Lipinski definition) is 5. The van der Waals surface area contributed by atoms with Gasteiger partial charge in [0.2, 0.25) is 5.89 Å². The molecule has 0 bridgehead atoms. The van der Waals surface area contributed by atoms with Crippen molar-refractivity contribution in [2.24, 2.45) is 0 Å². The van der Waals surface area contributed by atoms with Gasteiger partial charge in [0.05, 0.1) is 6.10 Å². The number of piperidine rings is 1. The molecule has 1 fully saturated rings. The summed E-state index contributed by atoms with van der Waals surface area (Å²) < 4.78 is 5.27. The van der Waals surface area contributed by atoms with Gasteiger partial charge in [0.25, 0.3) is 5.95 Å². The third kappa shape index (κ3) is 3.24. The minimum absolute atomic E-state index is 0.142. The molecular formula is C20H23N3O2. The minimum atomic E-state index is -0.442. The van der Waals surface area contributed by atoms with Crippen LogP contribution in [0.2, 0.25) is 0 Å².